The molecule has 2 aromatic rings. The van der Waals surface area contributed by atoms with Crippen LogP contribution in [0.5, 0.6) is 0 Å². The Hall–Kier alpha value is -3.00. The van der Waals surface area contributed by atoms with Crippen LogP contribution in [0.3, 0.4) is 0 Å². The summed E-state index contributed by atoms with van der Waals surface area (Å²) in [6, 6.07) is 8.45. The number of hydrogen-bond donors (Lipinski definition) is 4. The minimum atomic E-state index is -1.64. The normalized spacial score (nSPS) is 32.0. The first-order valence-corrected chi connectivity index (χ1v) is 8.24. The molecule has 2 fully saturated rings. The maximum absolute atomic E-state index is 12.7. The SMILES string of the molecule is NC1(C(=O)O)CC(NC(=O)c2nccc3ccccc23)C2C(C(=O)O)C21. The largest absolute Gasteiger partial charge is 0.481 e. The molecule has 2 saturated carbocycles. The minimum Gasteiger partial charge on any atom is -0.481 e. The second-order valence-corrected chi connectivity index (χ2v) is 6.98. The summed E-state index contributed by atoms with van der Waals surface area (Å²) in [6.45, 7) is 0. The number of aliphatic carboxylic acids is 2. The lowest BCUT2D eigenvalue weighted by Crippen LogP contribution is -2.52. The van der Waals surface area contributed by atoms with Crippen molar-refractivity contribution in [3.63, 3.8) is 0 Å². The molecule has 1 amide bonds. The minimum absolute atomic E-state index is 0.00203. The molecule has 0 spiro atoms. The Morgan fingerprint density at radius 1 is 1.19 bits per heavy atom. The van der Waals surface area contributed by atoms with Crippen LogP contribution in [0.25, 0.3) is 10.8 Å². The molecule has 4 rings (SSSR count). The molecular formula is C18H17N3O5. The quantitative estimate of drug-likeness (QED) is 0.624. The molecule has 5 N–H and O–H groups in total. The summed E-state index contributed by atoms with van der Waals surface area (Å²) in [5.41, 5.74) is 4.56. The first-order chi connectivity index (χ1) is 12.3. The van der Waals surface area contributed by atoms with Crippen molar-refractivity contribution < 1.29 is 24.6 Å². The van der Waals surface area contributed by atoms with Gasteiger partial charge in [-0.2, -0.15) is 0 Å². The van der Waals surface area contributed by atoms with E-state index in [-0.39, 0.29) is 12.1 Å². The number of amides is 1. The van der Waals surface area contributed by atoms with Crippen LogP contribution in [0.4, 0.5) is 0 Å². The second-order valence-electron chi connectivity index (χ2n) is 6.98. The van der Waals surface area contributed by atoms with E-state index in [1.54, 1.807) is 18.2 Å². The van der Waals surface area contributed by atoms with Crippen molar-refractivity contribution in [2.45, 2.75) is 18.0 Å². The molecule has 5 atom stereocenters. The molecule has 0 radical (unpaired) electrons. The molecule has 8 heteroatoms. The number of pyridine rings is 1. The van der Waals surface area contributed by atoms with E-state index in [9.17, 15) is 24.6 Å². The van der Waals surface area contributed by atoms with E-state index in [2.05, 4.69) is 10.3 Å². The number of carbonyl (C=O) groups excluding carboxylic acids is 1. The summed E-state index contributed by atoms with van der Waals surface area (Å²) in [6.07, 6.45) is 1.52. The zero-order valence-electron chi connectivity index (χ0n) is 13.6. The van der Waals surface area contributed by atoms with Gasteiger partial charge in [0.1, 0.15) is 11.2 Å². The second kappa shape index (κ2) is 5.50. The number of rotatable bonds is 4. The Kier molecular flexibility index (Phi) is 3.48. The van der Waals surface area contributed by atoms with Gasteiger partial charge >= 0.3 is 11.9 Å². The van der Waals surface area contributed by atoms with Crippen LogP contribution >= 0.6 is 0 Å². The van der Waals surface area contributed by atoms with Gasteiger partial charge in [0.05, 0.1) is 5.92 Å². The van der Waals surface area contributed by atoms with Crippen molar-refractivity contribution in [2.75, 3.05) is 0 Å². The summed E-state index contributed by atoms with van der Waals surface area (Å²) in [4.78, 5) is 39.8. The van der Waals surface area contributed by atoms with Crippen LogP contribution in [-0.4, -0.2) is 44.6 Å². The van der Waals surface area contributed by atoms with Crippen LogP contribution in [0.1, 0.15) is 16.9 Å². The summed E-state index contributed by atoms with van der Waals surface area (Å²) < 4.78 is 0. The van der Waals surface area contributed by atoms with Crippen LogP contribution in [0.2, 0.25) is 0 Å². The highest BCUT2D eigenvalue weighted by Crippen LogP contribution is 2.61. The van der Waals surface area contributed by atoms with Gasteiger partial charge in [0.25, 0.3) is 5.91 Å². The van der Waals surface area contributed by atoms with Gasteiger partial charge in [0.15, 0.2) is 0 Å². The maximum Gasteiger partial charge on any atom is 0.324 e. The topological polar surface area (TPSA) is 143 Å². The maximum atomic E-state index is 12.7. The summed E-state index contributed by atoms with van der Waals surface area (Å²) in [7, 11) is 0. The van der Waals surface area contributed by atoms with Gasteiger partial charge in [-0.15, -0.1) is 0 Å². The fourth-order valence-corrected chi connectivity index (χ4v) is 4.37. The molecule has 134 valence electrons. The smallest absolute Gasteiger partial charge is 0.324 e. The highest BCUT2D eigenvalue weighted by molar-refractivity contribution is 6.05. The van der Waals surface area contributed by atoms with Gasteiger partial charge in [-0.1, -0.05) is 24.3 Å². The number of benzene rings is 1. The Morgan fingerprint density at radius 2 is 1.92 bits per heavy atom. The highest BCUT2D eigenvalue weighted by Gasteiger charge is 2.74. The number of carbonyl (C=O) groups is 3. The Labute approximate surface area is 148 Å². The number of nitrogens with two attached hydrogens (primary N) is 1. The van der Waals surface area contributed by atoms with E-state index in [1.165, 1.54) is 6.20 Å². The third-order valence-electron chi connectivity index (χ3n) is 5.58. The zero-order chi connectivity index (χ0) is 18.6. The van der Waals surface area contributed by atoms with Crippen molar-refractivity contribution in [3.8, 4) is 0 Å². The Balaban J connectivity index is 1.62. The van der Waals surface area contributed by atoms with E-state index in [0.717, 1.165) is 5.39 Å². The van der Waals surface area contributed by atoms with Gasteiger partial charge in [-0.25, -0.2) is 0 Å². The van der Waals surface area contributed by atoms with E-state index in [0.29, 0.717) is 5.39 Å². The number of fused-ring (bicyclic) bond motifs is 2. The summed E-state index contributed by atoms with van der Waals surface area (Å²) >= 11 is 0. The molecule has 26 heavy (non-hydrogen) atoms. The third-order valence-corrected chi connectivity index (χ3v) is 5.58. The monoisotopic (exact) mass is 355 g/mol. The summed E-state index contributed by atoms with van der Waals surface area (Å²) in [5, 5.41) is 23.0. The molecule has 0 saturated heterocycles. The van der Waals surface area contributed by atoms with E-state index < -0.39 is 47.2 Å². The van der Waals surface area contributed by atoms with Crippen LogP contribution in [-0.2, 0) is 9.59 Å². The lowest BCUT2D eigenvalue weighted by molar-refractivity contribution is -0.145. The fourth-order valence-electron chi connectivity index (χ4n) is 4.37. The Bertz CT molecular complexity index is 940. The molecule has 2 aliphatic rings. The van der Waals surface area contributed by atoms with Gasteiger partial charge in [-0.3, -0.25) is 19.4 Å². The number of nitrogens with one attached hydrogen (secondary N) is 1. The van der Waals surface area contributed by atoms with Crippen molar-refractivity contribution in [1.29, 1.82) is 0 Å². The highest BCUT2D eigenvalue weighted by atomic mass is 16.4. The predicted molar refractivity (Wildman–Crippen MR) is 90.3 cm³/mol. The molecule has 1 aromatic carbocycles. The lowest BCUT2D eigenvalue weighted by atomic mass is 9.90. The average Bonchev–Trinajstić information content (AvgIpc) is 3.30. The standard InChI is InChI=1S/C18H17N3O5/c19-18(17(25)26)7-10(11-12(13(11)18)16(23)24)21-15(22)14-9-4-2-1-3-8(9)5-6-20-14/h1-6,10-13H,7,19H2,(H,21,22)(H,23,24)(H,25,26). The Morgan fingerprint density at radius 3 is 2.62 bits per heavy atom. The predicted octanol–water partition coefficient (Wildman–Crippen LogP) is 0.466. The molecule has 0 aliphatic heterocycles. The molecule has 2 aliphatic carbocycles. The third kappa shape index (κ3) is 2.26. The zero-order valence-corrected chi connectivity index (χ0v) is 13.6. The summed E-state index contributed by atoms with van der Waals surface area (Å²) in [5.74, 6) is -4.79. The van der Waals surface area contributed by atoms with Crippen LogP contribution in [0, 0.1) is 17.8 Å². The van der Waals surface area contributed by atoms with Gasteiger partial charge < -0.3 is 21.3 Å². The van der Waals surface area contributed by atoms with Gasteiger partial charge in [0, 0.05) is 23.5 Å². The fraction of sp³-hybridized carbons (Fsp3) is 0.333. The van der Waals surface area contributed by atoms with Gasteiger partial charge in [0.2, 0.25) is 0 Å². The number of nitrogens with zero attached hydrogens (tertiary/aromatic N) is 1. The molecular weight excluding hydrogens is 338 g/mol. The number of aromatic nitrogens is 1. The first-order valence-electron chi connectivity index (χ1n) is 8.24. The van der Waals surface area contributed by atoms with Crippen molar-refractivity contribution >= 4 is 28.6 Å². The molecule has 1 aromatic heterocycles. The van der Waals surface area contributed by atoms with Crippen LogP contribution in [0.15, 0.2) is 36.5 Å². The van der Waals surface area contributed by atoms with E-state index in [1.807, 2.05) is 12.1 Å². The first kappa shape index (κ1) is 16.5. The molecule has 0 bridgehead atoms. The van der Waals surface area contributed by atoms with Crippen molar-refractivity contribution in [1.82, 2.24) is 10.3 Å². The van der Waals surface area contributed by atoms with Crippen LogP contribution < -0.4 is 11.1 Å². The van der Waals surface area contributed by atoms with E-state index in [4.69, 9.17) is 5.73 Å². The number of hydrogen-bond acceptors (Lipinski definition) is 5. The number of carboxylic acids is 2. The van der Waals surface area contributed by atoms with Crippen molar-refractivity contribution in [2.24, 2.45) is 23.5 Å². The molecule has 1 heterocycles. The van der Waals surface area contributed by atoms with Crippen molar-refractivity contribution in [3.05, 3.63) is 42.2 Å². The lowest BCUT2D eigenvalue weighted by Gasteiger charge is -2.25. The molecule has 8 nitrogen and oxygen atoms in total. The number of carboxylic acid groups (broad SMARTS) is 2. The van der Waals surface area contributed by atoms with E-state index >= 15 is 0 Å². The average molecular weight is 355 g/mol. The van der Waals surface area contributed by atoms with Gasteiger partial charge in [-0.05, 0) is 23.8 Å². The molecule has 5 unspecified atom stereocenters.